The van der Waals surface area contributed by atoms with Crippen LogP contribution in [0, 0.1) is 0 Å². The number of rotatable bonds is 12. The molecule has 1 N–H and O–H groups in total. The average molecular weight is 650 g/mol. The summed E-state index contributed by atoms with van der Waals surface area (Å²) in [7, 11) is 4.95. The highest BCUT2D eigenvalue weighted by molar-refractivity contribution is 6.24. The normalized spacial score (nSPS) is 16.1. The van der Waals surface area contributed by atoms with Crippen molar-refractivity contribution in [1.82, 2.24) is 19.7 Å². The monoisotopic (exact) mass is 649 g/mol. The van der Waals surface area contributed by atoms with E-state index in [1.54, 1.807) is 37.0 Å². The van der Waals surface area contributed by atoms with E-state index in [4.69, 9.17) is 9.47 Å². The van der Waals surface area contributed by atoms with Crippen LogP contribution in [0.2, 0.25) is 0 Å². The fourth-order valence-electron chi connectivity index (χ4n) is 6.91. The Balaban J connectivity index is 1.23. The van der Waals surface area contributed by atoms with Gasteiger partial charge in [-0.15, -0.1) is 0 Å². The second kappa shape index (κ2) is 14.4. The van der Waals surface area contributed by atoms with Crippen LogP contribution in [0.4, 0.5) is 5.69 Å². The van der Waals surface area contributed by atoms with Gasteiger partial charge < -0.3 is 24.3 Å². The summed E-state index contributed by atoms with van der Waals surface area (Å²) in [6, 6.07) is 24.8. The molecule has 10 heteroatoms. The number of amides is 3. The van der Waals surface area contributed by atoms with E-state index >= 15 is 0 Å². The minimum atomic E-state index is -0.583. The zero-order valence-corrected chi connectivity index (χ0v) is 28.0. The van der Waals surface area contributed by atoms with E-state index in [2.05, 4.69) is 46.3 Å². The minimum Gasteiger partial charge on any atom is -0.493 e. The van der Waals surface area contributed by atoms with Crippen molar-refractivity contribution in [3.63, 3.8) is 0 Å². The van der Waals surface area contributed by atoms with Crippen LogP contribution in [0.1, 0.15) is 74.2 Å². The van der Waals surface area contributed by atoms with Gasteiger partial charge in [0.1, 0.15) is 5.69 Å². The molecule has 2 aliphatic heterocycles. The maximum absolute atomic E-state index is 14.4. The van der Waals surface area contributed by atoms with Crippen molar-refractivity contribution >= 4 is 23.4 Å². The third-order valence-corrected chi connectivity index (χ3v) is 9.63. The fourth-order valence-corrected chi connectivity index (χ4v) is 6.91. The van der Waals surface area contributed by atoms with Gasteiger partial charge in [0.2, 0.25) is 0 Å². The van der Waals surface area contributed by atoms with Gasteiger partial charge in [-0.3, -0.25) is 24.2 Å². The molecule has 2 aliphatic rings. The van der Waals surface area contributed by atoms with Crippen molar-refractivity contribution < 1.29 is 23.9 Å². The number of carbonyl (C=O) groups excluding carboxylic acids is 3. The molecule has 0 saturated carbocycles. The first-order valence-electron chi connectivity index (χ1n) is 16.5. The van der Waals surface area contributed by atoms with Crippen LogP contribution in [0.15, 0.2) is 85.1 Å². The Kier molecular flexibility index (Phi) is 9.82. The molecule has 250 valence electrons. The number of piperazine rings is 1. The van der Waals surface area contributed by atoms with Crippen LogP contribution in [0.25, 0.3) is 0 Å². The summed E-state index contributed by atoms with van der Waals surface area (Å²) in [5.41, 5.74) is 4.26. The van der Waals surface area contributed by atoms with Gasteiger partial charge in [0.05, 0.1) is 37.1 Å². The molecule has 0 bridgehead atoms. The number of imide groups is 1. The second-order valence-corrected chi connectivity index (χ2v) is 12.3. The molecular weight excluding hydrogens is 606 g/mol. The van der Waals surface area contributed by atoms with Crippen molar-refractivity contribution in [2.24, 2.45) is 7.05 Å². The molecule has 3 amide bonds. The zero-order valence-electron chi connectivity index (χ0n) is 28.0. The van der Waals surface area contributed by atoms with Crippen molar-refractivity contribution in [3.8, 4) is 11.5 Å². The Hall–Kier alpha value is -5.09. The van der Waals surface area contributed by atoms with Gasteiger partial charge in [-0.1, -0.05) is 42.5 Å². The van der Waals surface area contributed by atoms with E-state index in [0.717, 1.165) is 37.4 Å². The topological polar surface area (TPSA) is 96.4 Å². The van der Waals surface area contributed by atoms with Crippen LogP contribution in [0.3, 0.4) is 0 Å². The molecule has 2 atom stereocenters. The largest absolute Gasteiger partial charge is 0.493 e. The number of carbonyl (C=O) groups is 3. The number of anilines is 1. The number of nitrogens with zero attached hydrogens (tertiary/aromatic N) is 4. The van der Waals surface area contributed by atoms with Crippen molar-refractivity contribution in [1.29, 1.82) is 0 Å². The maximum atomic E-state index is 14.4. The number of fused-ring (bicyclic) bond motifs is 1. The lowest BCUT2D eigenvalue weighted by Crippen LogP contribution is -2.47. The van der Waals surface area contributed by atoms with Gasteiger partial charge in [-0.05, 0) is 67.3 Å². The van der Waals surface area contributed by atoms with Crippen LogP contribution in [0.5, 0.6) is 11.5 Å². The number of hydrogen-bond donors (Lipinski definition) is 1. The zero-order chi connectivity index (χ0) is 33.8. The van der Waals surface area contributed by atoms with Crippen LogP contribution in [-0.2, 0) is 7.05 Å². The van der Waals surface area contributed by atoms with Crippen LogP contribution in [-0.4, -0.2) is 79.0 Å². The van der Waals surface area contributed by atoms with Gasteiger partial charge in [0.25, 0.3) is 17.7 Å². The van der Waals surface area contributed by atoms with Crippen molar-refractivity contribution in [2.45, 2.75) is 31.8 Å². The van der Waals surface area contributed by atoms with E-state index < -0.39 is 6.04 Å². The lowest BCUT2D eigenvalue weighted by Gasteiger charge is -2.39. The molecule has 10 nitrogen and oxygen atoms in total. The van der Waals surface area contributed by atoms with Gasteiger partial charge in [0.15, 0.2) is 11.5 Å². The first kappa shape index (κ1) is 32.8. The molecule has 3 heterocycles. The molecule has 6 rings (SSSR count). The summed E-state index contributed by atoms with van der Waals surface area (Å²) in [4.78, 5) is 47.3. The number of benzene rings is 3. The molecule has 3 aromatic carbocycles. The molecule has 4 aromatic rings. The second-order valence-electron chi connectivity index (χ2n) is 12.3. The summed E-state index contributed by atoms with van der Waals surface area (Å²) < 4.78 is 12.8. The first-order chi connectivity index (χ1) is 23.3. The molecule has 1 fully saturated rings. The quantitative estimate of drug-likeness (QED) is 0.161. The highest BCUT2D eigenvalue weighted by Crippen LogP contribution is 2.40. The lowest BCUT2D eigenvalue weighted by molar-refractivity contribution is 0.0570. The summed E-state index contributed by atoms with van der Waals surface area (Å²) in [5.74, 6) is 0.269. The van der Waals surface area contributed by atoms with Gasteiger partial charge in [-0.2, -0.15) is 0 Å². The predicted molar refractivity (Wildman–Crippen MR) is 185 cm³/mol. The maximum Gasteiger partial charge on any atom is 0.267 e. The third-order valence-electron chi connectivity index (χ3n) is 9.63. The molecule has 0 aliphatic carbocycles. The lowest BCUT2D eigenvalue weighted by atomic mass is 9.99. The van der Waals surface area contributed by atoms with E-state index in [1.807, 2.05) is 49.6 Å². The summed E-state index contributed by atoms with van der Waals surface area (Å²) in [6.45, 7) is 5.79. The summed E-state index contributed by atoms with van der Waals surface area (Å²) in [5, 5.41) is 2.97. The van der Waals surface area contributed by atoms with Gasteiger partial charge >= 0.3 is 0 Å². The first-order valence-corrected chi connectivity index (χ1v) is 16.5. The van der Waals surface area contributed by atoms with E-state index in [-0.39, 0.29) is 23.8 Å². The highest BCUT2D eigenvalue weighted by atomic mass is 16.5. The molecule has 0 spiro atoms. The predicted octanol–water partition coefficient (Wildman–Crippen LogP) is 5.47. The number of ether oxygens (including phenoxy) is 2. The number of nitrogens with one attached hydrogen (secondary N) is 1. The van der Waals surface area contributed by atoms with E-state index in [1.165, 1.54) is 10.5 Å². The Morgan fingerprint density at radius 1 is 0.833 bits per heavy atom. The smallest absolute Gasteiger partial charge is 0.267 e. The Labute approximate surface area is 281 Å². The molecular formula is C38H43N5O5. The van der Waals surface area contributed by atoms with Gasteiger partial charge in [-0.25, -0.2) is 0 Å². The third kappa shape index (κ3) is 6.40. The summed E-state index contributed by atoms with van der Waals surface area (Å²) in [6.07, 6.45) is 2.81. The Morgan fingerprint density at radius 2 is 1.58 bits per heavy atom. The fraction of sp³-hybridized carbons (Fsp3) is 0.342. The Morgan fingerprint density at radius 3 is 2.27 bits per heavy atom. The molecule has 48 heavy (non-hydrogen) atoms. The molecule has 1 unspecified atom stereocenters. The van der Waals surface area contributed by atoms with Crippen molar-refractivity contribution in [3.05, 3.63) is 113 Å². The molecule has 1 saturated heterocycles. The molecule has 0 radical (unpaired) electrons. The summed E-state index contributed by atoms with van der Waals surface area (Å²) >= 11 is 0. The Bertz CT molecular complexity index is 1780. The number of aryl methyl sites for hydroxylation is 1. The standard InChI is InChI=1S/C38H43N5O5/c1-26(27-11-6-5-7-12-27)41-21-23-42(24-22-41)31-14-8-13-29-35(31)38(46)43(37(29)45)30(28-17-18-33(47-3)34(25-28)48-4)15-9-19-39-36(44)32-16-10-20-40(32)2/h5-8,10-14,16-18,20,25-26,30H,9,15,19,21-24H2,1-4H3,(H,39,44)/t26?,30-/m1/s1. The highest BCUT2D eigenvalue weighted by Gasteiger charge is 2.43. The van der Waals surface area contributed by atoms with Crippen LogP contribution < -0.4 is 19.7 Å². The number of hydrogen-bond acceptors (Lipinski definition) is 7. The van der Waals surface area contributed by atoms with Gasteiger partial charge in [0, 0.05) is 52.0 Å². The van der Waals surface area contributed by atoms with E-state index in [0.29, 0.717) is 47.7 Å². The number of aromatic nitrogens is 1. The van der Waals surface area contributed by atoms with Crippen LogP contribution >= 0.6 is 0 Å². The van der Waals surface area contributed by atoms with E-state index in [9.17, 15) is 14.4 Å². The molecule has 1 aromatic heterocycles. The number of methoxy groups -OCH3 is 2. The van der Waals surface area contributed by atoms with Crippen molar-refractivity contribution in [2.75, 3.05) is 51.8 Å². The minimum absolute atomic E-state index is 0.172. The SMILES string of the molecule is COc1ccc([C@@H](CCCNC(=O)c2cccn2C)N2C(=O)c3cccc(N4CCN(C(C)c5ccccc5)CC4)c3C2=O)cc1OC. The average Bonchev–Trinajstić information content (AvgIpc) is 3.67.